The molecule has 0 aromatic carbocycles. The minimum Gasteiger partial charge on any atom is -1.00 e. The number of hydrogen-bond acceptors (Lipinski definition) is 2. The Kier molecular flexibility index (Phi) is 35.3. The molecule has 0 spiro atoms. The van der Waals surface area contributed by atoms with Crippen LogP contribution in [0, 0.1) is 0 Å². The van der Waals surface area contributed by atoms with E-state index in [0.29, 0.717) is 6.61 Å². The largest absolute Gasteiger partial charge is 3.00 e. The molecule has 0 aromatic rings. The van der Waals surface area contributed by atoms with Crippen LogP contribution in [0.4, 0.5) is 0 Å². The van der Waals surface area contributed by atoms with Crippen molar-refractivity contribution in [2.45, 2.75) is 6.92 Å². The molecule has 0 N–H and O–H groups in total. The predicted octanol–water partition coefficient (Wildman–Crippen LogP) is -3.70. The molecule has 38 valence electrons. The smallest absolute Gasteiger partial charge is 1.00 e. The van der Waals surface area contributed by atoms with E-state index in [0.717, 1.165) is 0 Å². The van der Waals surface area contributed by atoms with E-state index in [4.69, 9.17) is 0 Å². The van der Waals surface area contributed by atoms with E-state index in [1.165, 1.54) is 0 Å². The number of hydrogen-bond donors (Lipinski definition) is 0. The van der Waals surface area contributed by atoms with Crippen LogP contribution in [0.1, 0.15) is 11.2 Å². The Balaban J connectivity index is -0.00000000800. The van der Waals surface area contributed by atoms with Gasteiger partial charge in [-0.25, -0.2) is 0 Å². The first-order valence-corrected chi connectivity index (χ1v) is 1.57. The van der Waals surface area contributed by atoms with Crippen LogP contribution in [0.5, 0.6) is 0 Å². The molecule has 0 heterocycles. The average molecular weight is 128 g/mol. The molecule has 4 heteroatoms. The van der Waals surface area contributed by atoms with Crippen LogP contribution >= 0.6 is 0 Å². The van der Waals surface area contributed by atoms with Gasteiger partial charge < -0.3 is 14.1 Å². The van der Waals surface area contributed by atoms with Gasteiger partial charge in [0.1, 0.15) is 0 Å². The molecule has 0 rings (SSSR count). The van der Waals surface area contributed by atoms with E-state index in [2.05, 4.69) is 4.74 Å². The zero-order chi connectivity index (χ0) is 4.12. The van der Waals surface area contributed by atoms with E-state index >= 15 is 0 Å². The third kappa shape index (κ3) is 18.6. The predicted molar refractivity (Wildman–Crippen MR) is 25.6 cm³/mol. The van der Waals surface area contributed by atoms with Crippen molar-refractivity contribution in [3.8, 4) is 0 Å². The zero-order valence-corrected chi connectivity index (χ0v) is 7.96. The second-order valence-electron chi connectivity index (χ2n) is 0.611. The normalized spacial score (nSPS) is 6.00. The first-order chi connectivity index (χ1) is 2.41. The molecule has 0 aliphatic rings. The van der Waals surface area contributed by atoms with Crippen molar-refractivity contribution in [3.63, 3.8) is 0 Å². The Bertz CT molecular complexity index is 29.2. The van der Waals surface area contributed by atoms with E-state index in [-0.39, 0.29) is 51.2 Å². The molecule has 0 unspecified atom stereocenters. The minimum atomic E-state index is -0.406. The molecule has 0 atom stereocenters. The van der Waals surface area contributed by atoms with Gasteiger partial charge in [0.25, 0.3) is 0 Å². The summed E-state index contributed by atoms with van der Waals surface area (Å²) < 4.78 is 4.28. The number of ether oxygens (including phenoxy) is 1. The van der Waals surface area contributed by atoms with Crippen molar-refractivity contribution < 1.29 is 43.7 Å². The maximum Gasteiger partial charge on any atom is 3.00 e. The Labute approximate surface area is 81.1 Å². The van der Waals surface area contributed by atoms with Gasteiger partial charge >= 0.3 is 46.9 Å². The van der Waals surface area contributed by atoms with Crippen LogP contribution in [0.15, 0.2) is 0 Å². The quantitative estimate of drug-likeness (QED) is 0.283. The van der Waals surface area contributed by atoms with Gasteiger partial charge in [0.15, 0.2) is 0 Å². The van der Waals surface area contributed by atoms with Crippen LogP contribution < -0.4 is 34.7 Å². The first kappa shape index (κ1) is 15.8. The Morgan fingerprint density at radius 2 is 2.14 bits per heavy atom. The Morgan fingerprint density at radius 3 is 2.14 bits per heavy atom. The van der Waals surface area contributed by atoms with E-state index in [1.807, 2.05) is 0 Å². The van der Waals surface area contributed by atoms with Gasteiger partial charge in [-0.05, 0) is 13.7 Å². The van der Waals surface area contributed by atoms with Crippen LogP contribution in [-0.4, -0.2) is 30.8 Å². The maximum atomic E-state index is 9.31. The molecule has 0 saturated carbocycles. The molecule has 2 nitrogen and oxygen atoms in total. The molecule has 0 aliphatic carbocycles. The summed E-state index contributed by atoms with van der Waals surface area (Å²) in [6, 6.07) is 0. The monoisotopic (exact) mass is 128 g/mol. The zero-order valence-electron chi connectivity index (χ0n) is 7.81. The molecule has 7 heavy (non-hydrogen) atoms. The van der Waals surface area contributed by atoms with E-state index in [1.54, 1.807) is 6.92 Å². The van der Waals surface area contributed by atoms with Gasteiger partial charge in [0, 0.05) is 6.61 Å². The summed E-state index contributed by atoms with van der Waals surface area (Å²) in [4.78, 5) is 0. The summed E-state index contributed by atoms with van der Waals surface area (Å²) in [5.74, 6) is 0. The van der Waals surface area contributed by atoms with Crippen molar-refractivity contribution in [2.75, 3.05) is 13.4 Å². The van der Waals surface area contributed by atoms with Crippen LogP contribution in [0.3, 0.4) is 0 Å². The van der Waals surface area contributed by atoms with Crippen molar-refractivity contribution in [1.29, 1.82) is 0 Å². The summed E-state index contributed by atoms with van der Waals surface area (Å²) in [6.07, 6.45) is 0. The molecule has 0 fully saturated rings. The summed E-state index contributed by atoms with van der Waals surface area (Å²) in [6.45, 7) is 1.91. The molecule has 0 bridgehead atoms. The molecule has 0 amide bonds. The summed E-state index contributed by atoms with van der Waals surface area (Å²) in [5.41, 5.74) is 0. The van der Waals surface area contributed by atoms with Crippen LogP contribution in [0.25, 0.3) is 0 Å². The molecular formula is C3H10AlNaO2. The average Bonchev–Trinajstić information content (AvgIpc) is 1.41. The summed E-state index contributed by atoms with van der Waals surface area (Å²) in [5, 5.41) is 9.31. The Morgan fingerprint density at radius 1 is 1.71 bits per heavy atom. The summed E-state index contributed by atoms with van der Waals surface area (Å²) >= 11 is 0. The van der Waals surface area contributed by atoms with Crippen molar-refractivity contribution >= 4 is 17.4 Å². The van der Waals surface area contributed by atoms with Gasteiger partial charge in [-0.1, -0.05) is 0 Å². The summed E-state index contributed by atoms with van der Waals surface area (Å²) in [7, 11) is 0. The molecule has 0 radical (unpaired) electrons. The fourth-order valence-corrected chi connectivity index (χ4v) is 0.0833. The van der Waals surface area contributed by atoms with Gasteiger partial charge in [0.2, 0.25) is 0 Å². The second kappa shape index (κ2) is 15.7. The van der Waals surface area contributed by atoms with Crippen LogP contribution in [0.2, 0.25) is 0 Å². The van der Waals surface area contributed by atoms with Crippen molar-refractivity contribution in [2.24, 2.45) is 0 Å². The fraction of sp³-hybridized carbons (Fsp3) is 1.00. The SMILES string of the molecule is CCOC[O-].[Al+3].[H-].[H-].[H-].[Na+]. The van der Waals surface area contributed by atoms with Gasteiger partial charge in [0.05, 0.1) is 0 Å². The first-order valence-electron chi connectivity index (χ1n) is 1.57. The topological polar surface area (TPSA) is 32.3 Å². The van der Waals surface area contributed by atoms with E-state index < -0.39 is 6.79 Å². The number of rotatable bonds is 2. The fourth-order valence-electron chi connectivity index (χ4n) is 0.0833. The van der Waals surface area contributed by atoms with Crippen molar-refractivity contribution in [3.05, 3.63) is 0 Å². The van der Waals surface area contributed by atoms with Crippen molar-refractivity contribution in [1.82, 2.24) is 0 Å². The van der Waals surface area contributed by atoms with Crippen LogP contribution in [-0.2, 0) is 4.74 Å². The minimum absolute atomic E-state index is 0. The maximum absolute atomic E-state index is 9.31. The molecule has 0 aromatic heterocycles. The Hall–Kier alpha value is 1.45. The van der Waals surface area contributed by atoms with Gasteiger partial charge in [-0.3, -0.25) is 0 Å². The standard InChI is InChI=1S/C3H7O2.Al.Na.3H/c1-2-5-3-4;;;;;/h2-3H2,1H3;;;;;/q-1;+3;+1;3*-1. The van der Waals surface area contributed by atoms with Gasteiger partial charge in [-0.15, -0.1) is 0 Å². The third-order valence-electron chi connectivity index (χ3n) is 0.287. The third-order valence-corrected chi connectivity index (χ3v) is 0.287. The molecular weight excluding hydrogens is 118 g/mol. The molecule has 0 saturated heterocycles. The molecule has 0 aliphatic heterocycles. The van der Waals surface area contributed by atoms with E-state index in [9.17, 15) is 5.11 Å². The second-order valence-corrected chi connectivity index (χ2v) is 0.611. The van der Waals surface area contributed by atoms with Gasteiger partial charge in [-0.2, -0.15) is 0 Å².